The van der Waals surface area contributed by atoms with Crippen molar-refractivity contribution in [3.05, 3.63) is 23.8 Å². The minimum Gasteiger partial charge on any atom is -0.476 e. The number of hydrogen-bond donors (Lipinski definition) is 1. The fraction of sp³-hybridized carbons (Fsp3) is 0.588. The molecule has 2 rings (SSSR count). The Morgan fingerprint density at radius 2 is 2.08 bits per heavy atom. The molecular weight excluding hydrogens is 344 g/mol. The Morgan fingerprint density at radius 1 is 1.40 bits per heavy atom. The molecule has 1 amide bonds. The van der Waals surface area contributed by atoms with Gasteiger partial charge in [0, 0.05) is 13.7 Å². The van der Waals surface area contributed by atoms with E-state index in [9.17, 15) is 13.2 Å². The van der Waals surface area contributed by atoms with Crippen LogP contribution >= 0.6 is 0 Å². The van der Waals surface area contributed by atoms with Crippen LogP contribution in [0.4, 0.5) is 5.69 Å². The van der Waals surface area contributed by atoms with E-state index >= 15 is 0 Å². The van der Waals surface area contributed by atoms with Gasteiger partial charge in [-0.1, -0.05) is 26.8 Å². The molecule has 8 heteroatoms. The molecule has 1 N–H and O–H groups in total. The normalized spacial score (nSPS) is 17.6. The van der Waals surface area contributed by atoms with Crippen molar-refractivity contribution in [3.63, 3.8) is 0 Å². The van der Waals surface area contributed by atoms with Gasteiger partial charge in [-0.25, -0.2) is 8.42 Å². The lowest BCUT2D eigenvalue weighted by Crippen LogP contribution is -2.51. The summed E-state index contributed by atoms with van der Waals surface area (Å²) in [5.41, 5.74) is 1.33. The van der Waals surface area contributed by atoms with Crippen LogP contribution in [0, 0.1) is 0 Å². The number of amides is 1. The molecule has 1 heterocycles. The molecule has 0 bridgehead atoms. The van der Waals surface area contributed by atoms with Crippen LogP contribution in [0.25, 0.3) is 0 Å². The Balaban J connectivity index is 2.35. The molecule has 1 aromatic carbocycles. The summed E-state index contributed by atoms with van der Waals surface area (Å²) in [6, 6.07) is 5.43. The van der Waals surface area contributed by atoms with Crippen LogP contribution in [0.2, 0.25) is 0 Å². The molecule has 1 aromatic rings. The quantitative estimate of drug-likeness (QED) is 0.789. The van der Waals surface area contributed by atoms with E-state index in [-0.39, 0.29) is 17.9 Å². The molecule has 0 aliphatic carbocycles. The predicted octanol–water partition coefficient (Wildman–Crippen LogP) is 1.27. The third-order valence-electron chi connectivity index (χ3n) is 3.99. The van der Waals surface area contributed by atoms with E-state index in [1.54, 1.807) is 6.07 Å². The number of anilines is 1. The Labute approximate surface area is 149 Å². The van der Waals surface area contributed by atoms with Crippen LogP contribution in [0.3, 0.4) is 0 Å². The Morgan fingerprint density at radius 3 is 2.64 bits per heavy atom. The van der Waals surface area contributed by atoms with E-state index in [1.807, 2.05) is 12.1 Å². The van der Waals surface area contributed by atoms with Crippen molar-refractivity contribution >= 4 is 21.6 Å². The first-order valence-corrected chi connectivity index (χ1v) is 9.94. The van der Waals surface area contributed by atoms with Crippen molar-refractivity contribution < 1.29 is 22.7 Å². The van der Waals surface area contributed by atoms with Gasteiger partial charge in [-0.2, -0.15) is 0 Å². The molecule has 0 aromatic heterocycles. The van der Waals surface area contributed by atoms with E-state index in [2.05, 4.69) is 26.1 Å². The fourth-order valence-corrected chi connectivity index (χ4v) is 3.46. The molecule has 1 unspecified atom stereocenters. The largest absolute Gasteiger partial charge is 0.476 e. The summed E-state index contributed by atoms with van der Waals surface area (Å²) >= 11 is 0. The first kappa shape index (κ1) is 19.5. The Kier molecular flexibility index (Phi) is 5.63. The van der Waals surface area contributed by atoms with Gasteiger partial charge in [-0.05, 0) is 23.1 Å². The zero-order valence-electron chi connectivity index (χ0n) is 15.3. The highest BCUT2D eigenvalue weighted by atomic mass is 32.2. The first-order chi connectivity index (χ1) is 11.5. The second-order valence-electron chi connectivity index (χ2n) is 7.12. The molecule has 0 radical (unpaired) electrons. The van der Waals surface area contributed by atoms with Crippen molar-refractivity contribution in [1.29, 1.82) is 0 Å². The maximum atomic E-state index is 12.3. The smallest absolute Gasteiger partial charge is 0.263 e. The summed E-state index contributed by atoms with van der Waals surface area (Å²) in [7, 11) is -2.01. The lowest BCUT2D eigenvalue weighted by atomic mass is 9.86. The number of fused-ring (bicyclic) bond motifs is 1. The van der Waals surface area contributed by atoms with Gasteiger partial charge < -0.3 is 14.8 Å². The zero-order valence-corrected chi connectivity index (χ0v) is 16.1. The van der Waals surface area contributed by atoms with Crippen molar-refractivity contribution in [2.75, 3.05) is 37.4 Å². The summed E-state index contributed by atoms with van der Waals surface area (Å²) in [6.45, 7) is 6.81. The van der Waals surface area contributed by atoms with Gasteiger partial charge in [0.05, 0.1) is 25.1 Å². The SMILES string of the molecule is COCCNC(=O)C1CN(S(C)(=O)=O)c2cc(C(C)(C)C)ccc2O1. The first-order valence-electron chi connectivity index (χ1n) is 8.09. The number of carbonyl (C=O) groups excluding carboxylic acids is 1. The molecule has 25 heavy (non-hydrogen) atoms. The van der Waals surface area contributed by atoms with Crippen LogP contribution < -0.4 is 14.4 Å². The lowest BCUT2D eigenvalue weighted by molar-refractivity contribution is -0.127. The van der Waals surface area contributed by atoms with Gasteiger partial charge in [0.1, 0.15) is 5.75 Å². The number of methoxy groups -OCH3 is 1. The van der Waals surface area contributed by atoms with Crippen LogP contribution in [0.5, 0.6) is 5.75 Å². The summed E-state index contributed by atoms with van der Waals surface area (Å²) in [4.78, 5) is 12.3. The number of sulfonamides is 1. The van der Waals surface area contributed by atoms with Crippen molar-refractivity contribution in [2.45, 2.75) is 32.3 Å². The second-order valence-corrected chi connectivity index (χ2v) is 9.02. The lowest BCUT2D eigenvalue weighted by Gasteiger charge is -2.35. The second kappa shape index (κ2) is 7.21. The minimum atomic E-state index is -3.54. The van der Waals surface area contributed by atoms with E-state index < -0.39 is 16.1 Å². The fourth-order valence-electron chi connectivity index (χ4n) is 2.56. The summed E-state index contributed by atoms with van der Waals surface area (Å²) in [5, 5.41) is 2.68. The molecule has 0 saturated carbocycles. The third kappa shape index (κ3) is 4.64. The molecule has 7 nitrogen and oxygen atoms in total. The molecular formula is C17H26N2O5S. The number of benzene rings is 1. The van der Waals surface area contributed by atoms with Gasteiger partial charge in [0.25, 0.3) is 5.91 Å². The predicted molar refractivity (Wildman–Crippen MR) is 96.6 cm³/mol. The summed E-state index contributed by atoms with van der Waals surface area (Å²) < 4.78 is 36.4. The van der Waals surface area contributed by atoms with Crippen LogP contribution in [-0.4, -0.2) is 53.5 Å². The maximum absolute atomic E-state index is 12.3. The average Bonchev–Trinajstić information content (AvgIpc) is 2.51. The summed E-state index contributed by atoms with van der Waals surface area (Å²) in [6.07, 6.45) is 0.228. The number of carbonyl (C=O) groups is 1. The van der Waals surface area contributed by atoms with Crippen LogP contribution in [-0.2, 0) is 25.0 Å². The zero-order chi connectivity index (χ0) is 18.8. The molecule has 1 atom stereocenters. The number of nitrogens with one attached hydrogen (secondary N) is 1. The minimum absolute atomic E-state index is 0.0573. The van der Waals surface area contributed by atoms with Crippen molar-refractivity contribution in [1.82, 2.24) is 5.32 Å². The molecule has 1 aliphatic heterocycles. The number of ether oxygens (including phenoxy) is 2. The standard InChI is InChI=1S/C17H26N2O5S/c1-17(2,3)12-6-7-14-13(10-12)19(25(5,21)22)11-15(24-14)16(20)18-8-9-23-4/h6-7,10,15H,8-9,11H2,1-5H3,(H,18,20). The van der Waals surface area contributed by atoms with Crippen LogP contribution in [0.1, 0.15) is 26.3 Å². The van der Waals surface area contributed by atoms with Gasteiger partial charge in [-0.15, -0.1) is 0 Å². The molecule has 0 fully saturated rings. The topological polar surface area (TPSA) is 84.9 Å². The summed E-state index contributed by atoms with van der Waals surface area (Å²) in [5.74, 6) is 0.0211. The molecule has 1 aliphatic rings. The van der Waals surface area contributed by atoms with Crippen LogP contribution in [0.15, 0.2) is 18.2 Å². The highest BCUT2D eigenvalue weighted by Crippen LogP contribution is 2.38. The van der Waals surface area contributed by atoms with E-state index in [4.69, 9.17) is 9.47 Å². The number of nitrogens with zero attached hydrogens (tertiary/aromatic N) is 1. The van der Waals surface area contributed by atoms with E-state index in [0.717, 1.165) is 11.8 Å². The number of hydrogen-bond acceptors (Lipinski definition) is 5. The highest BCUT2D eigenvalue weighted by Gasteiger charge is 2.35. The van der Waals surface area contributed by atoms with Gasteiger partial charge in [0.15, 0.2) is 6.10 Å². The highest BCUT2D eigenvalue weighted by molar-refractivity contribution is 7.92. The molecule has 0 spiro atoms. The van der Waals surface area contributed by atoms with Gasteiger partial charge in [0.2, 0.25) is 10.0 Å². The molecule has 0 saturated heterocycles. The van der Waals surface area contributed by atoms with E-state index in [1.165, 1.54) is 11.4 Å². The van der Waals surface area contributed by atoms with Gasteiger partial charge >= 0.3 is 0 Å². The average molecular weight is 370 g/mol. The van der Waals surface area contributed by atoms with Gasteiger partial charge in [-0.3, -0.25) is 9.10 Å². The maximum Gasteiger partial charge on any atom is 0.263 e. The van der Waals surface area contributed by atoms with Crippen molar-refractivity contribution in [3.8, 4) is 5.75 Å². The monoisotopic (exact) mass is 370 g/mol. The number of rotatable bonds is 5. The Hall–Kier alpha value is -1.80. The third-order valence-corrected chi connectivity index (χ3v) is 5.14. The van der Waals surface area contributed by atoms with Crippen molar-refractivity contribution in [2.24, 2.45) is 0 Å². The van der Waals surface area contributed by atoms with E-state index in [0.29, 0.717) is 24.6 Å². The molecule has 140 valence electrons. The Bertz CT molecular complexity index is 740.